The number of carbonyl (C=O) groups is 1. The SMILES string of the molecule is Cc1cccc(N2CC3(CCNC3)CC2=O)c1. The van der Waals surface area contributed by atoms with Crippen LogP contribution in [0.3, 0.4) is 0 Å². The first-order valence-corrected chi connectivity index (χ1v) is 6.26. The maximum absolute atomic E-state index is 12.1. The van der Waals surface area contributed by atoms with Gasteiger partial charge in [-0.15, -0.1) is 0 Å². The molecule has 0 bridgehead atoms. The van der Waals surface area contributed by atoms with E-state index in [4.69, 9.17) is 0 Å². The topological polar surface area (TPSA) is 32.3 Å². The van der Waals surface area contributed by atoms with E-state index >= 15 is 0 Å². The molecule has 1 aromatic rings. The summed E-state index contributed by atoms with van der Waals surface area (Å²) in [5.41, 5.74) is 2.46. The molecule has 3 nitrogen and oxygen atoms in total. The van der Waals surface area contributed by atoms with Gasteiger partial charge in [0, 0.05) is 30.6 Å². The Kier molecular flexibility index (Phi) is 2.44. The van der Waals surface area contributed by atoms with Crippen molar-refractivity contribution in [2.24, 2.45) is 5.41 Å². The van der Waals surface area contributed by atoms with Crippen molar-refractivity contribution in [1.29, 1.82) is 0 Å². The molecule has 0 aromatic heterocycles. The second kappa shape index (κ2) is 3.84. The summed E-state index contributed by atoms with van der Waals surface area (Å²) in [4.78, 5) is 14.1. The second-order valence-electron chi connectivity index (χ2n) is 5.42. The van der Waals surface area contributed by atoms with Gasteiger partial charge in [0.15, 0.2) is 0 Å². The minimum atomic E-state index is 0.195. The Balaban J connectivity index is 1.87. The number of carbonyl (C=O) groups excluding carboxylic acids is 1. The molecule has 2 aliphatic rings. The monoisotopic (exact) mass is 230 g/mol. The lowest BCUT2D eigenvalue weighted by Gasteiger charge is -2.22. The lowest BCUT2D eigenvalue weighted by atomic mass is 9.86. The van der Waals surface area contributed by atoms with Crippen LogP contribution in [0.15, 0.2) is 24.3 Å². The van der Waals surface area contributed by atoms with Crippen LogP contribution in [0.25, 0.3) is 0 Å². The number of nitrogens with one attached hydrogen (secondary N) is 1. The fraction of sp³-hybridized carbons (Fsp3) is 0.500. The number of hydrogen-bond acceptors (Lipinski definition) is 2. The number of amides is 1. The first-order valence-electron chi connectivity index (χ1n) is 6.26. The molecule has 0 aliphatic carbocycles. The van der Waals surface area contributed by atoms with Crippen LogP contribution in [-0.2, 0) is 4.79 Å². The van der Waals surface area contributed by atoms with Crippen LogP contribution < -0.4 is 10.2 Å². The Hall–Kier alpha value is -1.35. The molecule has 1 amide bonds. The maximum Gasteiger partial charge on any atom is 0.227 e. The molecule has 1 atom stereocenters. The number of anilines is 1. The van der Waals surface area contributed by atoms with Gasteiger partial charge in [-0.25, -0.2) is 0 Å². The summed E-state index contributed by atoms with van der Waals surface area (Å²) in [5, 5.41) is 3.38. The fourth-order valence-corrected chi connectivity index (χ4v) is 3.01. The molecule has 1 N–H and O–H groups in total. The van der Waals surface area contributed by atoms with Crippen molar-refractivity contribution in [3.8, 4) is 0 Å². The summed E-state index contributed by atoms with van der Waals surface area (Å²) >= 11 is 0. The largest absolute Gasteiger partial charge is 0.316 e. The summed E-state index contributed by atoms with van der Waals surface area (Å²) in [7, 11) is 0. The quantitative estimate of drug-likeness (QED) is 0.796. The van der Waals surface area contributed by atoms with E-state index in [1.807, 2.05) is 17.0 Å². The average Bonchev–Trinajstić information content (AvgIpc) is 2.87. The lowest BCUT2D eigenvalue weighted by Crippen LogP contribution is -2.29. The molecule has 2 saturated heterocycles. The number of nitrogens with zero attached hydrogens (tertiary/aromatic N) is 1. The van der Waals surface area contributed by atoms with E-state index in [2.05, 4.69) is 24.4 Å². The summed E-state index contributed by atoms with van der Waals surface area (Å²) in [6.45, 7) is 4.98. The highest BCUT2D eigenvalue weighted by atomic mass is 16.2. The summed E-state index contributed by atoms with van der Waals surface area (Å²) in [6, 6.07) is 8.22. The predicted octanol–water partition coefficient (Wildman–Crippen LogP) is 1.71. The number of benzene rings is 1. The Morgan fingerprint density at radius 1 is 1.41 bits per heavy atom. The average molecular weight is 230 g/mol. The zero-order chi connectivity index (χ0) is 11.9. The van der Waals surface area contributed by atoms with Crippen LogP contribution in [0.2, 0.25) is 0 Å². The Morgan fingerprint density at radius 3 is 3.00 bits per heavy atom. The molecule has 2 aliphatic heterocycles. The van der Waals surface area contributed by atoms with Gasteiger partial charge in [-0.1, -0.05) is 12.1 Å². The van der Waals surface area contributed by atoms with Crippen molar-refractivity contribution in [3.63, 3.8) is 0 Å². The molecule has 1 spiro atoms. The first kappa shape index (κ1) is 10.8. The molecule has 1 unspecified atom stereocenters. The molecule has 2 fully saturated rings. The Labute approximate surface area is 102 Å². The smallest absolute Gasteiger partial charge is 0.227 e. The van der Waals surface area contributed by atoms with Crippen LogP contribution in [0.5, 0.6) is 0 Å². The van der Waals surface area contributed by atoms with Gasteiger partial charge in [0.1, 0.15) is 0 Å². The van der Waals surface area contributed by atoms with Gasteiger partial charge < -0.3 is 10.2 Å². The van der Waals surface area contributed by atoms with E-state index in [0.29, 0.717) is 6.42 Å². The van der Waals surface area contributed by atoms with Gasteiger partial charge >= 0.3 is 0 Å². The molecule has 2 heterocycles. The van der Waals surface area contributed by atoms with E-state index in [1.165, 1.54) is 5.56 Å². The first-order chi connectivity index (χ1) is 8.19. The highest BCUT2D eigenvalue weighted by Gasteiger charge is 2.45. The highest BCUT2D eigenvalue weighted by Crippen LogP contribution is 2.38. The molecule has 3 heteroatoms. The molecular formula is C14H18N2O. The van der Waals surface area contributed by atoms with Crippen molar-refractivity contribution < 1.29 is 4.79 Å². The predicted molar refractivity (Wildman–Crippen MR) is 68.1 cm³/mol. The number of aryl methyl sites for hydroxylation is 1. The second-order valence-corrected chi connectivity index (χ2v) is 5.42. The van der Waals surface area contributed by atoms with Crippen LogP contribution in [0.4, 0.5) is 5.69 Å². The van der Waals surface area contributed by atoms with Crippen LogP contribution in [-0.4, -0.2) is 25.5 Å². The Morgan fingerprint density at radius 2 is 2.29 bits per heavy atom. The molecule has 3 rings (SSSR count). The van der Waals surface area contributed by atoms with E-state index in [1.54, 1.807) is 0 Å². The van der Waals surface area contributed by atoms with Gasteiger partial charge in [0.25, 0.3) is 0 Å². The zero-order valence-corrected chi connectivity index (χ0v) is 10.2. The van der Waals surface area contributed by atoms with Gasteiger partial charge in [0.05, 0.1) is 0 Å². The third-order valence-corrected chi connectivity index (χ3v) is 3.97. The summed E-state index contributed by atoms with van der Waals surface area (Å²) in [6.07, 6.45) is 1.83. The number of rotatable bonds is 1. The van der Waals surface area contributed by atoms with Gasteiger partial charge in [-0.05, 0) is 37.6 Å². The molecule has 0 radical (unpaired) electrons. The van der Waals surface area contributed by atoms with Gasteiger partial charge in [-0.2, -0.15) is 0 Å². The third-order valence-electron chi connectivity index (χ3n) is 3.97. The van der Waals surface area contributed by atoms with Crippen molar-refractivity contribution in [3.05, 3.63) is 29.8 Å². The highest BCUT2D eigenvalue weighted by molar-refractivity contribution is 5.96. The van der Waals surface area contributed by atoms with Crippen molar-refractivity contribution in [2.45, 2.75) is 19.8 Å². The van der Waals surface area contributed by atoms with Crippen LogP contribution in [0.1, 0.15) is 18.4 Å². The minimum absolute atomic E-state index is 0.195. The van der Waals surface area contributed by atoms with Gasteiger partial charge in [0.2, 0.25) is 5.91 Å². The Bertz CT molecular complexity index is 449. The molecule has 90 valence electrons. The lowest BCUT2D eigenvalue weighted by molar-refractivity contribution is -0.117. The molecule has 17 heavy (non-hydrogen) atoms. The summed E-state index contributed by atoms with van der Waals surface area (Å²) in [5.74, 6) is 0.277. The van der Waals surface area contributed by atoms with Crippen molar-refractivity contribution in [2.75, 3.05) is 24.5 Å². The fourth-order valence-electron chi connectivity index (χ4n) is 3.01. The maximum atomic E-state index is 12.1. The van der Waals surface area contributed by atoms with E-state index < -0.39 is 0 Å². The third kappa shape index (κ3) is 1.84. The zero-order valence-electron chi connectivity index (χ0n) is 10.2. The normalized spacial score (nSPS) is 28.3. The van der Waals surface area contributed by atoms with Crippen LogP contribution >= 0.6 is 0 Å². The standard InChI is InChI=1S/C14H18N2O/c1-11-3-2-4-12(7-11)16-10-14(8-13(16)17)5-6-15-9-14/h2-4,7,15H,5-6,8-10H2,1H3. The van der Waals surface area contributed by atoms with Crippen LogP contribution in [0, 0.1) is 12.3 Å². The van der Waals surface area contributed by atoms with E-state index in [-0.39, 0.29) is 11.3 Å². The van der Waals surface area contributed by atoms with Gasteiger partial charge in [-0.3, -0.25) is 4.79 Å². The van der Waals surface area contributed by atoms with E-state index in [9.17, 15) is 4.79 Å². The minimum Gasteiger partial charge on any atom is -0.316 e. The summed E-state index contributed by atoms with van der Waals surface area (Å²) < 4.78 is 0. The van der Waals surface area contributed by atoms with Crippen molar-refractivity contribution in [1.82, 2.24) is 5.32 Å². The number of hydrogen-bond donors (Lipinski definition) is 1. The van der Waals surface area contributed by atoms with Crippen molar-refractivity contribution >= 4 is 11.6 Å². The molecule has 0 saturated carbocycles. The molecular weight excluding hydrogens is 212 g/mol. The van der Waals surface area contributed by atoms with E-state index in [0.717, 1.165) is 31.7 Å². The molecule has 1 aromatic carbocycles.